The Labute approximate surface area is 213 Å². The Balaban J connectivity index is 1.48. The summed E-state index contributed by atoms with van der Waals surface area (Å²) in [5.74, 6) is 0.525. The number of esters is 1. The first-order chi connectivity index (χ1) is 17.2. The van der Waals surface area contributed by atoms with Crippen molar-refractivity contribution in [3.8, 4) is 5.75 Å². The van der Waals surface area contributed by atoms with E-state index in [1.807, 2.05) is 17.0 Å². The molecule has 36 heavy (non-hydrogen) atoms. The van der Waals surface area contributed by atoms with Crippen LogP contribution in [-0.4, -0.2) is 55.0 Å². The lowest BCUT2D eigenvalue weighted by atomic mass is 9.87. The Morgan fingerprint density at radius 1 is 1.03 bits per heavy atom. The van der Waals surface area contributed by atoms with E-state index in [0.717, 1.165) is 18.5 Å². The fraction of sp³-hybridized carbons (Fsp3) is 0.536. The van der Waals surface area contributed by atoms with Crippen LogP contribution in [0.25, 0.3) is 0 Å². The molecule has 8 heteroatoms. The molecule has 1 aliphatic heterocycles. The molecule has 8 nitrogen and oxygen atoms in total. The molecule has 2 aromatic rings. The summed E-state index contributed by atoms with van der Waals surface area (Å²) in [6, 6.07) is 9.69. The summed E-state index contributed by atoms with van der Waals surface area (Å²) in [5, 5.41) is 0. The van der Waals surface area contributed by atoms with Crippen LogP contribution in [-0.2, 0) is 32.9 Å². The number of methoxy groups -OCH3 is 1. The van der Waals surface area contributed by atoms with E-state index in [1.54, 1.807) is 0 Å². The van der Waals surface area contributed by atoms with Gasteiger partial charge in [0.05, 0.1) is 13.7 Å². The summed E-state index contributed by atoms with van der Waals surface area (Å²) in [6.45, 7) is 10.1. The SMILES string of the molecule is COC(=O)CCCC(=O)N1CCCN(Cc2cc(=O)c(OCc3ccc(C(C)(C)C)cc3)co2)CC1. The number of carbonyl (C=O) groups excluding carboxylic acids is 2. The molecule has 0 atom stereocenters. The molecule has 0 unspecified atom stereocenters. The Bertz CT molecular complexity index is 1070. The number of nitrogens with zero attached hydrogens (tertiary/aromatic N) is 2. The number of carbonyl (C=O) groups is 2. The van der Waals surface area contributed by atoms with Crippen molar-refractivity contribution < 1.29 is 23.5 Å². The number of ether oxygens (including phenoxy) is 2. The molecule has 0 spiro atoms. The van der Waals surface area contributed by atoms with Crippen molar-refractivity contribution in [3.63, 3.8) is 0 Å². The third-order valence-corrected chi connectivity index (χ3v) is 6.39. The zero-order chi connectivity index (χ0) is 26.1. The third-order valence-electron chi connectivity index (χ3n) is 6.39. The Hall–Kier alpha value is -3.13. The summed E-state index contributed by atoms with van der Waals surface area (Å²) in [7, 11) is 1.35. The van der Waals surface area contributed by atoms with Crippen molar-refractivity contribution in [3.05, 3.63) is 63.7 Å². The summed E-state index contributed by atoms with van der Waals surface area (Å²) in [6.07, 6.45) is 3.31. The normalized spacial score (nSPS) is 14.8. The van der Waals surface area contributed by atoms with Gasteiger partial charge in [0.1, 0.15) is 18.6 Å². The first kappa shape index (κ1) is 27.5. The zero-order valence-corrected chi connectivity index (χ0v) is 21.9. The average molecular weight is 499 g/mol. The Kier molecular flexibility index (Phi) is 9.70. The van der Waals surface area contributed by atoms with Crippen molar-refractivity contribution >= 4 is 11.9 Å². The van der Waals surface area contributed by atoms with Gasteiger partial charge in [0, 0.05) is 45.1 Å². The quantitative estimate of drug-likeness (QED) is 0.485. The number of amides is 1. The second-order valence-electron chi connectivity index (χ2n) is 10.3. The fourth-order valence-corrected chi connectivity index (χ4v) is 4.13. The van der Waals surface area contributed by atoms with Gasteiger partial charge in [0.15, 0.2) is 0 Å². The van der Waals surface area contributed by atoms with E-state index in [9.17, 15) is 14.4 Å². The van der Waals surface area contributed by atoms with Crippen LogP contribution in [0.4, 0.5) is 0 Å². The molecule has 1 saturated heterocycles. The molecule has 1 aromatic carbocycles. The van der Waals surface area contributed by atoms with E-state index in [-0.39, 0.29) is 34.9 Å². The van der Waals surface area contributed by atoms with Gasteiger partial charge >= 0.3 is 5.97 Å². The highest BCUT2D eigenvalue weighted by Gasteiger charge is 2.20. The Morgan fingerprint density at radius 2 is 1.78 bits per heavy atom. The maximum atomic E-state index is 12.6. The van der Waals surface area contributed by atoms with Gasteiger partial charge in [-0.3, -0.25) is 19.3 Å². The monoisotopic (exact) mass is 498 g/mol. The lowest BCUT2D eigenvalue weighted by Gasteiger charge is -2.21. The van der Waals surface area contributed by atoms with E-state index >= 15 is 0 Å². The first-order valence-electron chi connectivity index (χ1n) is 12.6. The van der Waals surface area contributed by atoms with Crippen molar-refractivity contribution in [2.45, 2.75) is 65.0 Å². The highest BCUT2D eigenvalue weighted by Crippen LogP contribution is 2.22. The second kappa shape index (κ2) is 12.7. The predicted molar refractivity (Wildman–Crippen MR) is 137 cm³/mol. The van der Waals surface area contributed by atoms with Gasteiger partial charge in [0.2, 0.25) is 17.1 Å². The number of benzene rings is 1. The van der Waals surface area contributed by atoms with Crippen LogP contribution >= 0.6 is 0 Å². The van der Waals surface area contributed by atoms with Crippen LogP contribution in [0, 0.1) is 0 Å². The van der Waals surface area contributed by atoms with Crippen LogP contribution in [0.2, 0.25) is 0 Å². The zero-order valence-electron chi connectivity index (χ0n) is 21.9. The van der Waals surface area contributed by atoms with E-state index in [4.69, 9.17) is 9.15 Å². The summed E-state index contributed by atoms with van der Waals surface area (Å²) in [5.41, 5.74) is 2.11. The summed E-state index contributed by atoms with van der Waals surface area (Å²) < 4.78 is 16.0. The number of rotatable bonds is 9. The standard InChI is InChI=1S/C28H38N2O6/c1-28(2,3)22-11-9-21(10-12-22)19-36-25-20-35-23(17-24(25)31)18-29-13-6-14-30(16-15-29)26(32)7-5-8-27(33)34-4/h9-12,17,20H,5-8,13-16,18-19H2,1-4H3. The molecule has 0 aliphatic carbocycles. The summed E-state index contributed by atoms with van der Waals surface area (Å²) in [4.78, 5) is 40.3. The van der Waals surface area contributed by atoms with E-state index < -0.39 is 0 Å². The highest BCUT2D eigenvalue weighted by atomic mass is 16.5. The molecule has 0 saturated carbocycles. The molecule has 0 N–H and O–H groups in total. The maximum absolute atomic E-state index is 12.6. The fourth-order valence-electron chi connectivity index (χ4n) is 4.13. The maximum Gasteiger partial charge on any atom is 0.305 e. The largest absolute Gasteiger partial charge is 0.482 e. The predicted octanol–water partition coefficient (Wildman–Crippen LogP) is 3.89. The van der Waals surface area contributed by atoms with Crippen molar-refractivity contribution in [1.29, 1.82) is 0 Å². The summed E-state index contributed by atoms with van der Waals surface area (Å²) >= 11 is 0. The average Bonchev–Trinajstić information content (AvgIpc) is 3.08. The van der Waals surface area contributed by atoms with E-state index in [1.165, 1.54) is 25.0 Å². The van der Waals surface area contributed by atoms with E-state index in [0.29, 0.717) is 51.4 Å². The number of hydrogen-bond acceptors (Lipinski definition) is 7. The lowest BCUT2D eigenvalue weighted by Crippen LogP contribution is -2.35. The van der Waals surface area contributed by atoms with Crippen molar-refractivity contribution in [2.75, 3.05) is 33.3 Å². The smallest absolute Gasteiger partial charge is 0.305 e. The molecule has 1 aliphatic rings. The molecule has 1 fully saturated rings. The van der Waals surface area contributed by atoms with Crippen LogP contribution in [0.5, 0.6) is 5.75 Å². The van der Waals surface area contributed by atoms with Gasteiger partial charge in [-0.2, -0.15) is 0 Å². The topological polar surface area (TPSA) is 89.3 Å². The van der Waals surface area contributed by atoms with Gasteiger partial charge in [0.25, 0.3) is 0 Å². The molecule has 1 aromatic heterocycles. The highest BCUT2D eigenvalue weighted by molar-refractivity contribution is 5.77. The lowest BCUT2D eigenvalue weighted by molar-refractivity contribution is -0.140. The van der Waals surface area contributed by atoms with Crippen LogP contribution in [0.3, 0.4) is 0 Å². The third kappa shape index (κ3) is 8.22. The van der Waals surface area contributed by atoms with Gasteiger partial charge in [-0.05, 0) is 29.4 Å². The van der Waals surface area contributed by atoms with Gasteiger partial charge in [-0.1, -0.05) is 45.0 Å². The minimum Gasteiger partial charge on any atom is -0.482 e. The minimum absolute atomic E-state index is 0.0573. The first-order valence-corrected chi connectivity index (χ1v) is 12.6. The van der Waals surface area contributed by atoms with Crippen molar-refractivity contribution in [1.82, 2.24) is 9.80 Å². The van der Waals surface area contributed by atoms with Gasteiger partial charge in [-0.25, -0.2) is 0 Å². The molecule has 3 rings (SSSR count). The van der Waals surface area contributed by atoms with Crippen molar-refractivity contribution in [2.24, 2.45) is 0 Å². The molecular weight excluding hydrogens is 460 g/mol. The molecule has 1 amide bonds. The molecule has 0 bridgehead atoms. The Morgan fingerprint density at radius 3 is 2.44 bits per heavy atom. The van der Waals surface area contributed by atoms with E-state index in [2.05, 4.69) is 42.5 Å². The van der Waals surface area contributed by atoms with Crippen LogP contribution in [0.15, 0.2) is 45.8 Å². The molecule has 196 valence electrons. The van der Waals surface area contributed by atoms with Gasteiger partial charge in [-0.15, -0.1) is 0 Å². The molecule has 0 radical (unpaired) electrons. The minimum atomic E-state index is -0.294. The van der Waals surface area contributed by atoms with Crippen LogP contribution in [0.1, 0.15) is 63.3 Å². The second-order valence-corrected chi connectivity index (χ2v) is 10.3. The number of hydrogen-bond donors (Lipinski definition) is 0. The van der Waals surface area contributed by atoms with Gasteiger partial charge < -0.3 is 18.8 Å². The molecular formula is C28H38N2O6. The molecule has 2 heterocycles. The van der Waals surface area contributed by atoms with Crippen LogP contribution < -0.4 is 10.2 Å².